The Bertz CT molecular complexity index is 998. The maximum absolute atomic E-state index is 13.6. The lowest BCUT2D eigenvalue weighted by Gasteiger charge is -2.48. The molecule has 0 N–H and O–H groups in total. The predicted molar refractivity (Wildman–Crippen MR) is 133 cm³/mol. The summed E-state index contributed by atoms with van der Waals surface area (Å²) in [6, 6.07) is 8.74. The molecule has 4 aliphatic rings. The summed E-state index contributed by atoms with van der Waals surface area (Å²) in [5.74, 6) is 0.215. The molecule has 0 bridgehead atoms. The van der Waals surface area contributed by atoms with Gasteiger partial charge in [0, 0.05) is 66.6 Å². The number of benzene rings is 1. The fourth-order valence-electron chi connectivity index (χ4n) is 6.62. The van der Waals surface area contributed by atoms with Crippen LogP contribution in [0.4, 0.5) is 5.69 Å². The molecule has 0 unspecified atom stereocenters. The van der Waals surface area contributed by atoms with Crippen LogP contribution in [0.15, 0.2) is 46.8 Å². The number of allylic oxidation sites excluding steroid dienone is 4. The topological polar surface area (TPSA) is 40.6 Å². The lowest BCUT2D eigenvalue weighted by molar-refractivity contribution is -0.119. The van der Waals surface area contributed by atoms with Gasteiger partial charge in [0.25, 0.3) is 0 Å². The summed E-state index contributed by atoms with van der Waals surface area (Å²) >= 11 is 0. The zero-order valence-electron chi connectivity index (χ0n) is 21.0. The van der Waals surface area contributed by atoms with E-state index in [9.17, 15) is 9.59 Å². The average molecular weight is 447 g/mol. The van der Waals surface area contributed by atoms with E-state index >= 15 is 0 Å². The number of rotatable bonds is 3. The van der Waals surface area contributed by atoms with E-state index < -0.39 is 0 Å². The van der Waals surface area contributed by atoms with E-state index in [1.165, 1.54) is 18.5 Å². The van der Waals surface area contributed by atoms with Gasteiger partial charge in [-0.05, 0) is 61.1 Å². The van der Waals surface area contributed by atoms with Crippen molar-refractivity contribution in [1.82, 2.24) is 4.90 Å². The Morgan fingerprint density at radius 1 is 0.788 bits per heavy atom. The fourth-order valence-corrected chi connectivity index (χ4v) is 6.62. The third-order valence-corrected chi connectivity index (χ3v) is 8.04. The Morgan fingerprint density at radius 2 is 1.27 bits per heavy atom. The second-order valence-electron chi connectivity index (χ2n) is 12.1. The van der Waals surface area contributed by atoms with Crippen molar-refractivity contribution in [3.8, 4) is 0 Å². The van der Waals surface area contributed by atoms with Gasteiger partial charge in [-0.25, -0.2) is 0 Å². The van der Waals surface area contributed by atoms with Gasteiger partial charge >= 0.3 is 0 Å². The second kappa shape index (κ2) is 7.85. The van der Waals surface area contributed by atoms with E-state index in [2.05, 4.69) is 68.7 Å². The van der Waals surface area contributed by atoms with Gasteiger partial charge in [-0.3, -0.25) is 9.59 Å². The molecule has 0 aromatic heterocycles. The summed E-state index contributed by atoms with van der Waals surface area (Å²) in [4.78, 5) is 32.1. The van der Waals surface area contributed by atoms with Gasteiger partial charge in [0.1, 0.15) is 0 Å². The van der Waals surface area contributed by atoms with Crippen molar-refractivity contribution in [3.63, 3.8) is 0 Å². The van der Waals surface area contributed by atoms with Crippen LogP contribution in [0, 0.1) is 10.8 Å². The minimum absolute atomic E-state index is 0.0558. The molecule has 1 aromatic rings. The molecule has 0 atom stereocenters. The van der Waals surface area contributed by atoms with Crippen molar-refractivity contribution >= 4 is 17.3 Å². The van der Waals surface area contributed by atoms with Crippen LogP contribution in [0.5, 0.6) is 0 Å². The molecule has 0 amide bonds. The van der Waals surface area contributed by atoms with Gasteiger partial charge < -0.3 is 9.80 Å². The lowest BCUT2D eigenvalue weighted by atomic mass is 9.63. The number of carbonyl (C=O) groups excluding carboxylic acids is 2. The first-order chi connectivity index (χ1) is 15.6. The molecule has 33 heavy (non-hydrogen) atoms. The van der Waals surface area contributed by atoms with Crippen molar-refractivity contribution in [3.05, 3.63) is 52.4 Å². The minimum Gasteiger partial charge on any atom is -0.372 e. The zero-order valence-corrected chi connectivity index (χ0v) is 21.0. The first-order valence-corrected chi connectivity index (χ1v) is 12.8. The van der Waals surface area contributed by atoms with Crippen molar-refractivity contribution in [2.24, 2.45) is 10.8 Å². The maximum Gasteiger partial charge on any atom is 0.162 e. The summed E-state index contributed by atoms with van der Waals surface area (Å²) in [6.45, 7) is 14.0. The minimum atomic E-state index is -0.224. The van der Waals surface area contributed by atoms with Crippen LogP contribution >= 0.6 is 0 Å². The SMILES string of the molecule is CCN1C2=C(C(=O)CC(C)(C)C2)C(c2ccc(N3CCCC3)cc2)C2=C1CC(C)(C)CC2=O. The van der Waals surface area contributed by atoms with E-state index in [-0.39, 0.29) is 28.3 Å². The quantitative estimate of drug-likeness (QED) is 0.572. The summed E-state index contributed by atoms with van der Waals surface area (Å²) in [5, 5.41) is 0. The van der Waals surface area contributed by atoms with Gasteiger partial charge in [0.2, 0.25) is 0 Å². The largest absolute Gasteiger partial charge is 0.372 e. The Morgan fingerprint density at radius 3 is 1.73 bits per heavy atom. The highest BCUT2D eigenvalue weighted by Crippen LogP contribution is 2.54. The molecule has 4 heteroatoms. The summed E-state index contributed by atoms with van der Waals surface area (Å²) in [5.41, 5.74) is 6.33. The molecule has 2 aliphatic heterocycles. The third kappa shape index (κ3) is 3.86. The molecule has 2 aliphatic carbocycles. The fraction of sp³-hybridized carbons (Fsp3) is 0.586. The second-order valence-corrected chi connectivity index (χ2v) is 12.1. The van der Waals surface area contributed by atoms with Crippen molar-refractivity contribution < 1.29 is 9.59 Å². The Labute approximate surface area is 198 Å². The molecular weight excluding hydrogens is 408 g/mol. The molecule has 0 radical (unpaired) electrons. The number of hydrogen-bond donors (Lipinski definition) is 0. The number of carbonyl (C=O) groups is 2. The maximum atomic E-state index is 13.6. The van der Waals surface area contributed by atoms with E-state index in [0.717, 1.165) is 60.6 Å². The zero-order chi connectivity index (χ0) is 23.5. The Balaban J connectivity index is 1.66. The van der Waals surface area contributed by atoms with Gasteiger partial charge in [0.05, 0.1) is 0 Å². The van der Waals surface area contributed by atoms with Crippen LogP contribution in [-0.2, 0) is 9.59 Å². The molecule has 0 spiro atoms. The predicted octanol–water partition coefficient (Wildman–Crippen LogP) is 5.99. The number of ketones is 2. The Hall–Kier alpha value is -2.36. The van der Waals surface area contributed by atoms with Crippen LogP contribution in [0.2, 0.25) is 0 Å². The van der Waals surface area contributed by atoms with Crippen molar-refractivity contribution in [2.45, 2.75) is 79.1 Å². The number of Topliss-reactive ketones (excluding diaryl/α,β-unsaturated/α-hetero) is 2. The van der Waals surface area contributed by atoms with Crippen LogP contribution < -0.4 is 4.90 Å². The first-order valence-electron chi connectivity index (χ1n) is 12.8. The van der Waals surface area contributed by atoms with E-state index in [1.54, 1.807) is 0 Å². The van der Waals surface area contributed by atoms with Crippen LogP contribution in [0.25, 0.3) is 0 Å². The molecule has 1 saturated heterocycles. The van der Waals surface area contributed by atoms with E-state index in [0.29, 0.717) is 12.8 Å². The number of anilines is 1. The Kier molecular flexibility index (Phi) is 5.34. The van der Waals surface area contributed by atoms with E-state index in [4.69, 9.17) is 0 Å². The van der Waals surface area contributed by atoms with Gasteiger partial charge in [-0.2, -0.15) is 0 Å². The normalized spacial score (nSPS) is 25.0. The van der Waals surface area contributed by atoms with Gasteiger partial charge in [0.15, 0.2) is 11.6 Å². The third-order valence-electron chi connectivity index (χ3n) is 8.04. The molecule has 4 nitrogen and oxygen atoms in total. The molecule has 2 heterocycles. The van der Waals surface area contributed by atoms with Crippen molar-refractivity contribution in [2.75, 3.05) is 24.5 Å². The molecule has 1 fully saturated rings. The number of nitrogens with zero attached hydrogens (tertiary/aromatic N) is 2. The molecule has 176 valence electrons. The molecule has 0 saturated carbocycles. The average Bonchev–Trinajstić information content (AvgIpc) is 3.25. The summed E-state index contributed by atoms with van der Waals surface area (Å²) in [6.07, 6.45) is 5.37. The van der Waals surface area contributed by atoms with Crippen LogP contribution in [0.1, 0.15) is 84.6 Å². The van der Waals surface area contributed by atoms with Crippen LogP contribution in [0.3, 0.4) is 0 Å². The smallest absolute Gasteiger partial charge is 0.162 e. The molecule has 1 aromatic carbocycles. The summed E-state index contributed by atoms with van der Waals surface area (Å²) in [7, 11) is 0. The molecular formula is C29H38N2O2. The standard InChI is InChI=1S/C29H38N2O2/c1-6-31-21-15-28(2,3)17-23(32)26(21)25(27-22(31)16-29(4,5)18-24(27)33)19-9-11-20(12-10-19)30-13-7-8-14-30/h9-12,25H,6-8,13-18H2,1-5H3. The van der Waals surface area contributed by atoms with Gasteiger partial charge in [-0.15, -0.1) is 0 Å². The highest BCUT2D eigenvalue weighted by atomic mass is 16.1. The summed E-state index contributed by atoms with van der Waals surface area (Å²) < 4.78 is 0. The monoisotopic (exact) mass is 446 g/mol. The highest BCUT2D eigenvalue weighted by Gasteiger charge is 2.48. The van der Waals surface area contributed by atoms with Crippen LogP contribution in [-0.4, -0.2) is 36.1 Å². The lowest BCUT2D eigenvalue weighted by Crippen LogP contribution is -2.44. The number of hydrogen-bond acceptors (Lipinski definition) is 4. The molecule has 5 rings (SSSR count). The van der Waals surface area contributed by atoms with Gasteiger partial charge in [-0.1, -0.05) is 39.8 Å². The first kappa shape index (κ1) is 22.4. The van der Waals surface area contributed by atoms with E-state index in [1.807, 2.05) is 0 Å². The highest BCUT2D eigenvalue weighted by molar-refractivity contribution is 6.06. The van der Waals surface area contributed by atoms with Crippen molar-refractivity contribution in [1.29, 1.82) is 0 Å².